The van der Waals surface area contributed by atoms with Crippen LogP contribution < -0.4 is 4.90 Å². The fourth-order valence-electron chi connectivity index (χ4n) is 6.59. The smallest absolute Gasteiger partial charge is 0.309 e. The van der Waals surface area contributed by atoms with Crippen molar-refractivity contribution in [2.45, 2.75) is 64.3 Å². The van der Waals surface area contributed by atoms with Gasteiger partial charge < -0.3 is 24.3 Å². The zero-order valence-corrected chi connectivity index (χ0v) is 25.9. The van der Waals surface area contributed by atoms with E-state index in [0.717, 1.165) is 5.69 Å². The number of hydrogen-bond acceptors (Lipinski definition) is 6. The molecular formula is C34H44N4O5. The Balaban J connectivity index is 1.27. The summed E-state index contributed by atoms with van der Waals surface area (Å²) < 4.78 is 5.16. The first kappa shape index (κ1) is 30.6. The largest absolute Gasteiger partial charge is 0.466 e. The average molecular weight is 589 g/mol. The number of carbonyl (C=O) groups is 4. The van der Waals surface area contributed by atoms with Gasteiger partial charge in [-0.05, 0) is 67.9 Å². The minimum atomic E-state index is -0.814. The van der Waals surface area contributed by atoms with Gasteiger partial charge in [0.25, 0.3) is 11.8 Å². The fraction of sp³-hybridized carbons (Fsp3) is 0.529. The number of hydrogen-bond donors (Lipinski definition) is 0. The van der Waals surface area contributed by atoms with Crippen LogP contribution in [0.2, 0.25) is 0 Å². The van der Waals surface area contributed by atoms with Crippen LogP contribution in [-0.4, -0.2) is 89.9 Å². The summed E-state index contributed by atoms with van der Waals surface area (Å²) >= 11 is 0. The van der Waals surface area contributed by atoms with Crippen LogP contribution in [0.1, 0.15) is 69.3 Å². The number of para-hydroxylation sites is 1. The van der Waals surface area contributed by atoms with Crippen molar-refractivity contribution in [2.24, 2.45) is 5.92 Å². The number of likely N-dealkylation sites (tertiary alicyclic amines) is 2. The van der Waals surface area contributed by atoms with Crippen LogP contribution in [0.25, 0.3) is 0 Å². The number of amides is 3. The molecule has 9 nitrogen and oxygen atoms in total. The standard InChI is InChI=1S/C34H44N4O5/c1-5-43-31(41)26-15-19-35(20-16-26)29(39)23-37-24-38(28-9-7-6-8-10-28)34(32(37)42)17-21-36(22-18-34)30(40)25-11-13-27(14-12-25)33(2,3)4/h6-14,26H,5,15-24H2,1-4H3. The maximum atomic E-state index is 14.1. The second kappa shape index (κ2) is 12.4. The molecule has 3 amide bonds. The molecule has 1 spiro atoms. The van der Waals surface area contributed by atoms with Crippen molar-refractivity contribution < 1.29 is 23.9 Å². The molecule has 3 aliphatic rings. The molecule has 0 saturated carbocycles. The van der Waals surface area contributed by atoms with Gasteiger partial charge in [0, 0.05) is 37.4 Å². The van der Waals surface area contributed by atoms with Crippen LogP contribution in [-0.2, 0) is 24.5 Å². The van der Waals surface area contributed by atoms with E-state index >= 15 is 0 Å². The third-order valence-corrected chi connectivity index (χ3v) is 9.25. The first-order valence-electron chi connectivity index (χ1n) is 15.5. The van der Waals surface area contributed by atoms with Crippen LogP contribution in [0.3, 0.4) is 0 Å². The molecule has 0 atom stereocenters. The highest BCUT2D eigenvalue weighted by atomic mass is 16.5. The monoisotopic (exact) mass is 588 g/mol. The Bertz CT molecular complexity index is 1320. The summed E-state index contributed by atoms with van der Waals surface area (Å²) in [6.45, 7) is 10.8. The molecule has 230 valence electrons. The zero-order chi connectivity index (χ0) is 30.8. The summed E-state index contributed by atoms with van der Waals surface area (Å²) in [6, 6.07) is 17.7. The van der Waals surface area contributed by atoms with Crippen molar-refractivity contribution in [3.8, 4) is 0 Å². The molecule has 0 unspecified atom stereocenters. The summed E-state index contributed by atoms with van der Waals surface area (Å²) in [6.07, 6.45) is 2.12. The highest BCUT2D eigenvalue weighted by Crippen LogP contribution is 2.40. The van der Waals surface area contributed by atoms with Crippen molar-refractivity contribution in [1.82, 2.24) is 14.7 Å². The molecule has 0 bridgehead atoms. The van der Waals surface area contributed by atoms with Gasteiger partial charge in [-0.3, -0.25) is 19.2 Å². The number of ether oxygens (including phenoxy) is 1. The molecule has 0 radical (unpaired) electrons. The maximum absolute atomic E-state index is 14.1. The lowest BCUT2D eigenvalue weighted by atomic mass is 9.84. The summed E-state index contributed by atoms with van der Waals surface area (Å²) in [5.74, 6) is -0.569. The number of carbonyl (C=O) groups excluding carboxylic acids is 4. The topological polar surface area (TPSA) is 90.5 Å². The zero-order valence-electron chi connectivity index (χ0n) is 25.9. The molecule has 3 aliphatic heterocycles. The van der Waals surface area contributed by atoms with Gasteiger partial charge in [0.05, 0.1) is 19.2 Å². The fourth-order valence-corrected chi connectivity index (χ4v) is 6.59. The maximum Gasteiger partial charge on any atom is 0.309 e. The molecule has 2 aromatic carbocycles. The second-order valence-electron chi connectivity index (χ2n) is 13.0. The number of nitrogens with zero attached hydrogens (tertiary/aromatic N) is 4. The van der Waals surface area contributed by atoms with Gasteiger partial charge in [-0.25, -0.2) is 0 Å². The van der Waals surface area contributed by atoms with Gasteiger partial charge in [-0.2, -0.15) is 0 Å². The van der Waals surface area contributed by atoms with Gasteiger partial charge in [0.2, 0.25) is 5.91 Å². The molecule has 3 fully saturated rings. The molecule has 3 saturated heterocycles. The Labute approximate surface area is 254 Å². The molecule has 9 heteroatoms. The predicted octanol–water partition coefficient (Wildman–Crippen LogP) is 4.07. The van der Waals surface area contributed by atoms with E-state index in [1.54, 1.807) is 16.7 Å². The molecule has 0 aliphatic carbocycles. The molecular weight excluding hydrogens is 544 g/mol. The van der Waals surface area contributed by atoms with Gasteiger partial charge in [0.15, 0.2) is 0 Å². The SMILES string of the molecule is CCOC(=O)C1CCN(C(=O)CN2CN(c3ccccc3)C3(CCN(C(=O)c4ccc(C(C)(C)C)cc4)CC3)C2=O)CC1. The minimum Gasteiger partial charge on any atom is -0.466 e. The van der Waals surface area contributed by atoms with Gasteiger partial charge in [-0.15, -0.1) is 0 Å². The molecule has 0 N–H and O–H groups in total. The lowest BCUT2D eigenvalue weighted by Gasteiger charge is -2.43. The van der Waals surface area contributed by atoms with Crippen molar-refractivity contribution in [1.29, 1.82) is 0 Å². The van der Waals surface area contributed by atoms with E-state index in [4.69, 9.17) is 4.74 Å². The quantitative estimate of drug-likeness (QED) is 0.473. The first-order valence-corrected chi connectivity index (χ1v) is 15.5. The van der Waals surface area contributed by atoms with Crippen molar-refractivity contribution in [2.75, 3.05) is 50.9 Å². The number of benzene rings is 2. The van der Waals surface area contributed by atoms with E-state index in [-0.39, 0.29) is 41.6 Å². The lowest BCUT2D eigenvalue weighted by molar-refractivity contribution is -0.151. The van der Waals surface area contributed by atoms with Crippen LogP contribution in [0.15, 0.2) is 54.6 Å². The summed E-state index contributed by atoms with van der Waals surface area (Å²) in [5.41, 5.74) is 1.95. The molecule has 5 rings (SSSR count). The third-order valence-electron chi connectivity index (χ3n) is 9.25. The molecule has 0 aromatic heterocycles. The van der Waals surface area contributed by atoms with E-state index in [1.165, 1.54) is 5.56 Å². The van der Waals surface area contributed by atoms with Crippen LogP contribution >= 0.6 is 0 Å². The van der Waals surface area contributed by atoms with E-state index in [0.29, 0.717) is 70.7 Å². The Hall–Kier alpha value is -3.88. The highest BCUT2D eigenvalue weighted by molar-refractivity contribution is 5.97. The van der Waals surface area contributed by atoms with Crippen molar-refractivity contribution in [3.05, 3.63) is 65.7 Å². The number of anilines is 1. The van der Waals surface area contributed by atoms with E-state index in [1.807, 2.05) is 59.5 Å². The molecule has 2 aromatic rings. The van der Waals surface area contributed by atoms with Crippen LogP contribution in [0.4, 0.5) is 5.69 Å². The average Bonchev–Trinajstić information content (AvgIpc) is 3.27. The Morgan fingerprint density at radius 2 is 1.51 bits per heavy atom. The van der Waals surface area contributed by atoms with Gasteiger partial charge >= 0.3 is 5.97 Å². The van der Waals surface area contributed by atoms with Crippen LogP contribution in [0, 0.1) is 5.92 Å². The normalized spacial score (nSPS) is 19.2. The summed E-state index contributed by atoms with van der Waals surface area (Å²) in [5, 5.41) is 0. The second-order valence-corrected chi connectivity index (χ2v) is 13.0. The minimum absolute atomic E-state index is 0.00321. The van der Waals surface area contributed by atoms with Crippen LogP contribution in [0.5, 0.6) is 0 Å². The van der Waals surface area contributed by atoms with E-state index < -0.39 is 5.54 Å². The summed E-state index contributed by atoms with van der Waals surface area (Å²) in [7, 11) is 0. The highest BCUT2D eigenvalue weighted by Gasteiger charge is 2.54. The van der Waals surface area contributed by atoms with E-state index in [9.17, 15) is 19.2 Å². The number of esters is 1. The molecule has 43 heavy (non-hydrogen) atoms. The number of rotatable bonds is 6. The van der Waals surface area contributed by atoms with E-state index in [2.05, 4.69) is 25.7 Å². The first-order chi connectivity index (χ1) is 20.5. The Morgan fingerprint density at radius 1 is 0.884 bits per heavy atom. The van der Waals surface area contributed by atoms with Gasteiger partial charge in [-0.1, -0.05) is 51.1 Å². The van der Waals surface area contributed by atoms with Crippen molar-refractivity contribution >= 4 is 29.4 Å². The Kier molecular flexibility index (Phi) is 8.81. The summed E-state index contributed by atoms with van der Waals surface area (Å²) in [4.78, 5) is 60.4. The Morgan fingerprint density at radius 3 is 2.09 bits per heavy atom. The van der Waals surface area contributed by atoms with Crippen molar-refractivity contribution in [3.63, 3.8) is 0 Å². The lowest BCUT2D eigenvalue weighted by Crippen LogP contribution is -2.57. The van der Waals surface area contributed by atoms with Gasteiger partial charge in [0.1, 0.15) is 12.1 Å². The third kappa shape index (κ3) is 6.26. The molecule has 3 heterocycles. The predicted molar refractivity (Wildman–Crippen MR) is 164 cm³/mol. The number of piperidine rings is 2.